The van der Waals surface area contributed by atoms with Crippen LogP contribution < -0.4 is 4.74 Å². The van der Waals surface area contributed by atoms with Gasteiger partial charge >= 0.3 is 0 Å². The lowest BCUT2D eigenvalue weighted by Crippen LogP contribution is -2.04. The van der Waals surface area contributed by atoms with Gasteiger partial charge in [0.25, 0.3) is 0 Å². The van der Waals surface area contributed by atoms with Crippen molar-refractivity contribution >= 4 is 34.8 Å². The van der Waals surface area contributed by atoms with Gasteiger partial charge in [-0.05, 0) is 32.0 Å². The maximum atomic E-state index is 6.14. The molecule has 0 saturated carbocycles. The zero-order valence-corrected chi connectivity index (χ0v) is 13.5. The highest BCUT2D eigenvalue weighted by Gasteiger charge is 2.11. The Bertz CT molecular complexity index is 596. The van der Waals surface area contributed by atoms with Crippen molar-refractivity contribution in [1.29, 1.82) is 0 Å². The van der Waals surface area contributed by atoms with E-state index in [1.54, 1.807) is 12.1 Å². The van der Waals surface area contributed by atoms with Gasteiger partial charge in [-0.2, -0.15) is 5.10 Å². The van der Waals surface area contributed by atoms with Crippen molar-refractivity contribution in [2.24, 2.45) is 0 Å². The summed E-state index contributed by atoms with van der Waals surface area (Å²) in [6.07, 6.45) is 1.93. The molecule has 0 N–H and O–H groups in total. The van der Waals surface area contributed by atoms with E-state index in [4.69, 9.17) is 39.5 Å². The van der Waals surface area contributed by atoms with Gasteiger partial charge in [0.1, 0.15) is 12.4 Å². The third-order valence-corrected chi connectivity index (χ3v) is 3.57. The molecule has 108 valence electrons. The molecule has 0 radical (unpaired) electrons. The Morgan fingerprint density at radius 3 is 2.65 bits per heavy atom. The van der Waals surface area contributed by atoms with E-state index in [1.807, 2.05) is 16.9 Å². The van der Waals surface area contributed by atoms with Crippen LogP contribution in [-0.2, 0) is 12.5 Å². The SMILES string of the molecule is CC(C)n1ccc(COc2c(Cl)cc(Cl)cc2CCl)n1. The van der Waals surface area contributed by atoms with Gasteiger partial charge in [-0.25, -0.2) is 0 Å². The van der Waals surface area contributed by atoms with Gasteiger partial charge in [0.15, 0.2) is 0 Å². The Hall–Kier alpha value is -0.900. The van der Waals surface area contributed by atoms with Crippen LogP contribution in [-0.4, -0.2) is 9.78 Å². The zero-order valence-electron chi connectivity index (χ0n) is 11.2. The van der Waals surface area contributed by atoms with Gasteiger partial charge in [0, 0.05) is 22.8 Å². The Morgan fingerprint density at radius 2 is 2.05 bits per heavy atom. The Balaban J connectivity index is 2.14. The Labute approximate surface area is 133 Å². The molecule has 1 heterocycles. The van der Waals surface area contributed by atoms with E-state index in [9.17, 15) is 0 Å². The van der Waals surface area contributed by atoms with Crippen LogP contribution >= 0.6 is 34.8 Å². The van der Waals surface area contributed by atoms with Crippen molar-refractivity contribution in [3.05, 3.63) is 45.7 Å². The highest BCUT2D eigenvalue weighted by molar-refractivity contribution is 6.35. The van der Waals surface area contributed by atoms with E-state index >= 15 is 0 Å². The summed E-state index contributed by atoms with van der Waals surface area (Å²) in [4.78, 5) is 0. The molecule has 0 saturated heterocycles. The zero-order chi connectivity index (χ0) is 14.7. The maximum Gasteiger partial charge on any atom is 0.142 e. The van der Waals surface area contributed by atoms with Crippen molar-refractivity contribution in [2.75, 3.05) is 0 Å². The summed E-state index contributed by atoms with van der Waals surface area (Å²) in [6.45, 7) is 4.48. The lowest BCUT2D eigenvalue weighted by Gasteiger charge is -2.11. The number of alkyl halides is 1. The molecule has 0 spiro atoms. The van der Waals surface area contributed by atoms with E-state index in [0.717, 1.165) is 11.3 Å². The van der Waals surface area contributed by atoms with E-state index in [0.29, 0.717) is 28.4 Å². The maximum absolute atomic E-state index is 6.14. The molecule has 6 heteroatoms. The number of rotatable bonds is 5. The standard InChI is InChI=1S/C14H15Cl3N2O/c1-9(2)19-4-3-12(18-19)8-20-14-10(7-15)5-11(16)6-13(14)17/h3-6,9H,7-8H2,1-2H3. The van der Waals surface area contributed by atoms with E-state index in [-0.39, 0.29) is 5.88 Å². The van der Waals surface area contributed by atoms with Crippen molar-refractivity contribution < 1.29 is 4.74 Å². The Kier molecular flexibility index (Phi) is 5.19. The normalized spacial score (nSPS) is 11.1. The largest absolute Gasteiger partial charge is 0.485 e. The number of aromatic nitrogens is 2. The van der Waals surface area contributed by atoms with Crippen LogP contribution in [0.3, 0.4) is 0 Å². The number of nitrogens with zero attached hydrogens (tertiary/aromatic N) is 2. The second-order valence-electron chi connectivity index (χ2n) is 4.68. The van der Waals surface area contributed by atoms with Gasteiger partial charge in [-0.15, -0.1) is 11.6 Å². The molecule has 20 heavy (non-hydrogen) atoms. The summed E-state index contributed by atoms with van der Waals surface area (Å²) >= 11 is 18.0. The van der Waals surface area contributed by atoms with Gasteiger partial charge in [-0.3, -0.25) is 4.68 Å². The van der Waals surface area contributed by atoms with Gasteiger partial charge in [-0.1, -0.05) is 23.2 Å². The summed E-state index contributed by atoms with van der Waals surface area (Å²) in [7, 11) is 0. The lowest BCUT2D eigenvalue weighted by atomic mass is 10.2. The second-order valence-corrected chi connectivity index (χ2v) is 5.79. The predicted octanol–water partition coefficient (Wildman–Crippen LogP) is 5.09. The van der Waals surface area contributed by atoms with Crippen molar-refractivity contribution in [3.8, 4) is 5.75 Å². The summed E-state index contributed by atoms with van der Waals surface area (Å²) in [5.41, 5.74) is 1.61. The van der Waals surface area contributed by atoms with E-state index < -0.39 is 0 Å². The van der Waals surface area contributed by atoms with Crippen LogP contribution in [0.4, 0.5) is 0 Å². The molecule has 0 unspecified atom stereocenters. The minimum absolute atomic E-state index is 0.288. The van der Waals surface area contributed by atoms with Crippen LogP contribution in [0.1, 0.15) is 31.1 Å². The molecule has 2 rings (SSSR count). The van der Waals surface area contributed by atoms with Crippen LogP contribution in [0.5, 0.6) is 5.75 Å². The second kappa shape index (κ2) is 6.70. The highest BCUT2D eigenvalue weighted by Crippen LogP contribution is 2.33. The van der Waals surface area contributed by atoms with Crippen molar-refractivity contribution in [1.82, 2.24) is 9.78 Å². The minimum Gasteiger partial charge on any atom is -0.485 e. The molecule has 1 aromatic heterocycles. The average molecular weight is 334 g/mol. The van der Waals surface area contributed by atoms with E-state index in [2.05, 4.69) is 18.9 Å². The quantitative estimate of drug-likeness (QED) is 0.713. The van der Waals surface area contributed by atoms with Gasteiger partial charge < -0.3 is 4.74 Å². The van der Waals surface area contributed by atoms with Crippen molar-refractivity contribution in [2.45, 2.75) is 32.4 Å². The molecule has 0 bridgehead atoms. The van der Waals surface area contributed by atoms with Gasteiger partial charge in [0.2, 0.25) is 0 Å². The third kappa shape index (κ3) is 3.60. The number of benzene rings is 1. The van der Waals surface area contributed by atoms with Crippen LogP contribution in [0.2, 0.25) is 10.0 Å². The first-order valence-corrected chi connectivity index (χ1v) is 7.51. The molecule has 0 aliphatic heterocycles. The highest BCUT2D eigenvalue weighted by atomic mass is 35.5. The molecule has 0 atom stereocenters. The van der Waals surface area contributed by atoms with E-state index in [1.165, 1.54) is 0 Å². The van der Waals surface area contributed by atoms with Gasteiger partial charge in [0.05, 0.1) is 16.6 Å². The first kappa shape index (κ1) is 15.5. The molecule has 1 aromatic carbocycles. The number of hydrogen-bond donors (Lipinski definition) is 0. The monoisotopic (exact) mass is 332 g/mol. The van der Waals surface area contributed by atoms with Crippen LogP contribution in [0.15, 0.2) is 24.4 Å². The predicted molar refractivity (Wildman–Crippen MR) is 83.0 cm³/mol. The number of ether oxygens (including phenoxy) is 1. The van der Waals surface area contributed by atoms with Crippen molar-refractivity contribution in [3.63, 3.8) is 0 Å². The molecular formula is C14H15Cl3N2O. The minimum atomic E-state index is 0.288. The van der Waals surface area contributed by atoms with Crippen LogP contribution in [0, 0.1) is 0 Å². The Morgan fingerprint density at radius 1 is 1.30 bits per heavy atom. The number of hydrogen-bond acceptors (Lipinski definition) is 2. The van der Waals surface area contributed by atoms with Crippen LogP contribution in [0.25, 0.3) is 0 Å². The smallest absolute Gasteiger partial charge is 0.142 e. The third-order valence-electron chi connectivity index (χ3n) is 2.79. The summed E-state index contributed by atoms with van der Waals surface area (Å²) in [6, 6.07) is 5.63. The molecule has 2 aromatic rings. The average Bonchev–Trinajstić information content (AvgIpc) is 2.85. The summed E-state index contributed by atoms with van der Waals surface area (Å²) in [5.74, 6) is 0.848. The molecule has 0 aliphatic rings. The fourth-order valence-corrected chi connectivity index (χ4v) is 2.55. The first-order chi connectivity index (χ1) is 9.51. The first-order valence-electron chi connectivity index (χ1n) is 6.22. The summed E-state index contributed by atoms with van der Waals surface area (Å²) < 4.78 is 7.62. The molecular weight excluding hydrogens is 319 g/mol. The topological polar surface area (TPSA) is 27.1 Å². The fraction of sp³-hybridized carbons (Fsp3) is 0.357. The molecule has 0 fully saturated rings. The number of halogens is 3. The fourth-order valence-electron chi connectivity index (χ4n) is 1.76. The summed E-state index contributed by atoms with van der Waals surface area (Å²) in [5, 5.41) is 5.42. The molecule has 0 amide bonds. The molecule has 3 nitrogen and oxygen atoms in total. The molecule has 0 aliphatic carbocycles. The lowest BCUT2D eigenvalue weighted by molar-refractivity contribution is 0.296.